The first-order chi connectivity index (χ1) is 11.7. The highest BCUT2D eigenvalue weighted by molar-refractivity contribution is 7.80. The highest BCUT2D eigenvalue weighted by Crippen LogP contribution is 2.36. The van der Waals surface area contributed by atoms with Crippen LogP contribution in [0.1, 0.15) is 31.2 Å². The molecule has 134 valence electrons. The number of aromatic nitrogens is 1. The zero-order chi connectivity index (χ0) is 18.2. The summed E-state index contributed by atoms with van der Waals surface area (Å²) in [6.45, 7) is 1.78. The molecule has 3 rings (SSSR count). The second-order valence-corrected chi connectivity index (χ2v) is 7.35. The normalized spacial score (nSPS) is 17.5. The van der Waals surface area contributed by atoms with Crippen LogP contribution >= 0.6 is 12.6 Å². The lowest BCUT2D eigenvalue weighted by atomic mass is 9.91. The number of nitrogens with one attached hydrogen (secondary N) is 1. The summed E-state index contributed by atoms with van der Waals surface area (Å²) in [7, 11) is 1.72. The van der Waals surface area contributed by atoms with Gasteiger partial charge in [0.1, 0.15) is 0 Å². The van der Waals surface area contributed by atoms with Crippen LogP contribution in [-0.2, 0) is 7.05 Å². The molecule has 0 radical (unpaired) electrons. The van der Waals surface area contributed by atoms with Gasteiger partial charge in [0.15, 0.2) is 0 Å². The van der Waals surface area contributed by atoms with E-state index in [9.17, 15) is 13.6 Å². The number of benzene rings is 1. The molecule has 6 heteroatoms. The van der Waals surface area contributed by atoms with Crippen LogP contribution in [0.25, 0.3) is 11.1 Å². The SMILES string of the molecule is Cc1cc(-c2cc(S)ccc2NC2CCC(F)(F)CC2)cn(C)c1=O. The number of rotatable bonds is 3. The van der Waals surface area contributed by atoms with Crippen LogP contribution in [0.4, 0.5) is 14.5 Å². The fourth-order valence-electron chi connectivity index (χ4n) is 3.33. The predicted octanol–water partition coefficient (Wildman–Crippen LogP) is 4.64. The van der Waals surface area contributed by atoms with Gasteiger partial charge in [-0.1, -0.05) is 0 Å². The number of aryl methyl sites for hydroxylation is 2. The van der Waals surface area contributed by atoms with E-state index in [1.807, 2.05) is 24.3 Å². The Labute approximate surface area is 151 Å². The molecule has 0 bridgehead atoms. The van der Waals surface area contributed by atoms with Gasteiger partial charge in [0, 0.05) is 59.4 Å². The van der Waals surface area contributed by atoms with Crippen LogP contribution in [0.15, 0.2) is 40.2 Å². The molecular formula is C19H22F2N2OS. The van der Waals surface area contributed by atoms with Crippen molar-refractivity contribution >= 4 is 18.3 Å². The third kappa shape index (κ3) is 4.06. The second kappa shape index (κ2) is 6.83. The van der Waals surface area contributed by atoms with Gasteiger partial charge in [-0.3, -0.25) is 4.79 Å². The van der Waals surface area contributed by atoms with Crippen molar-refractivity contribution in [1.29, 1.82) is 0 Å². The molecule has 1 aliphatic carbocycles. The van der Waals surface area contributed by atoms with Gasteiger partial charge in [-0.2, -0.15) is 0 Å². The van der Waals surface area contributed by atoms with Crippen molar-refractivity contribution in [1.82, 2.24) is 4.57 Å². The Bertz CT molecular complexity index is 812. The van der Waals surface area contributed by atoms with Gasteiger partial charge in [-0.25, -0.2) is 8.78 Å². The molecule has 0 amide bonds. The van der Waals surface area contributed by atoms with Crippen molar-refractivity contribution < 1.29 is 8.78 Å². The summed E-state index contributed by atoms with van der Waals surface area (Å²) in [6.07, 6.45) is 2.52. The number of anilines is 1. The molecule has 1 aromatic carbocycles. The molecule has 0 aliphatic heterocycles. The average Bonchev–Trinajstić information content (AvgIpc) is 2.55. The molecule has 0 saturated heterocycles. The van der Waals surface area contributed by atoms with Gasteiger partial charge in [-0.05, 0) is 44.0 Å². The number of pyridine rings is 1. The topological polar surface area (TPSA) is 34.0 Å². The van der Waals surface area contributed by atoms with E-state index in [0.29, 0.717) is 18.4 Å². The molecule has 1 heterocycles. The quantitative estimate of drug-likeness (QED) is 0.778. The Hall–Kier alpha value is -1.82. The number of thiol groups is 1. The molecule has 1 N–H and O–H groups in total. The lowest BCUT2D eigenvalue weighted by Gasteiger charge is -2.30. The lowest BCUT2D eigenvalue weighted by molar-refractivity contribution is -0.0360. The van der Waals surface area contributed by atoms with Gasteiger partial charge >= 0.3 is 0 Å². The monoisotopic (exact) mass is 364 g/mol. The molecule has 1 fully saturated rings. The van der Waals surface area contributed by atoms with Crippen molar-refractivity contribution in [3.05, 3.63) is 46.4 Å². The minimum Gasteiger partial charge on any atom is -0.382 e. The molecule has 0 unspecified atom stereocenters. The molecule has 1 aromatic heterocycles. The first-order valence-electron chi connectivity index (χ1n) is 8.40. The summed E-state index contributed by atoms with van der Waals surface area (Å²) < 4.78 is 28.3. The highest BCUT2D eigenvalue weighted by Gasteiger charge is 2.35. The van der Waals surface area contributed by atoms with E-state index in [-0.39, 0.29) is 24.4 Å². The van der Waals surface area contributed by atoms with Crippen LogP contribution in [-0.4, -0.2) is 16.5 Å². The van der Waals surface area contributed by atoms with Gasteiger partial charge < -0.3 is 9.88 Å². The molecule has 0 atom stereocenters. The van der Waals surface area contributed by atoms with Crippen molar-refractivity contribution in [2.75, 3.05) is 5.32 Å². The van der Waals surface area contributed by atoms with Gasteiger partial charge in [0.2, 0.25) is 5.92 Å². The third-order valence-corrected chi connectivity index (χ3v) is 5.03. The van der Waals surface area contributed by atoms with Crippen LogP contribution in [0.2, 0.25) is 0 Å². The standard InChI is InChI=1S/C19H22F2N2OS/c1-12-9-13(11-23(2)18(12)24)16-10-15(25)3-4-17(16)22-14-5-7-19(20,21)8-6-14/h3-4,9-11,14,22,25H,5-8H2,1-2H3. The Morgan fingerprint density at radius 1 is 1.24 bits per heavy atom. The number of alkyl halides is 2. The summed E-state index contributed by atoms with van der Waals surface area (Å²) in [5.41, 5.74) is 3.33. The zero-order valence-corrected chi connectivity index (χ0v) is 15.2. The predicted molar refractivity (Wildman–Crippen MR) is 99.9 cm³/mol. The Kier molecular flexibility index (Phi) is 4.91. The van der Waals surface area contributed by atoms with E-state index >= 15 is 0 Å². The van der Waals surface area contributed by atoms with E-state index < -0.39 is 5.92 Å². The maximum atomic E-state index is 13.4. The van der Waals surface area contributed by atoms with Gasteiger partial charge in [0.05, 0.1) is 0 Å². The summed E-state index contributed by atoms with van der Waals surface area (Å²) in [5.74, 6) is -2.54. The Balaban J connectivity index is 1.93. The highest BCUT2D eigenvalue weighted by atomic mass is 32.1. The average molecular weight is 364 g/mol. The number of hydrogen-bond donors (Lipinski definition) is 2. The minimum absolute atomic E-state index is 0.0257. The molecule has 2 aromatic rings. The molecule has 1 aliphatic rings. The van der Waals surface area contributed by atoms with Gasteiger partial charge in [-0.15, -0.1) is 12.6 Å². The van der Waals surface area contributed by atoms with Crippen molar-refractivity contribution in [2.24, 2.45) is 7.05 Å². The number of hydrogen-bond acceptors (Lipinski definition) is 3. The largest absolute Gasteiger partial charge is 0.382 e. The summed E-state index contributed by atoms with van der Waals surface area (Å²) in [5, 5.41) is 3.41. The summed E-state index contributed by atoms with van der Waals surface area (Å²) in [4.78, 5) is 12.8. The van der Waals surface area contributed by atoms with Crippen LogP contribution in [0, 0.1) is 6.92 Å². The Morgan fingerprint density at radius 3 is 2.56 bits per heavy atom. The minimum atomic E-state index is -2.54. The maximum absolute atomic E-state index is 13.4. The van der Waals surface area contributed by atoms with Crippen LogP contribution in [0.5, 0.6) is 0 Å². The first-order valence-corrected chi connectivity index (χ1v) is 8.85. The molecule has 1 saturated carbocycles. The summed E-state index contributed by atoms with van der Waals surface area (Å²) >= 11 is 4.42. The van der Waals surface area contributed by atoms with E-state index in [1.165, 1.54) is 0 Å². The van der Waals surface area contributed by atoms with E-state index in [4.69, 9.17) is 0 Å². The maximum Gasteiger partial charge on any atom is 0.253 e. The van der Waals surface area contributed by atoms with Crippen molar-refractivity contribution in [2.45, 2.75) is 49.5 Å². The van der Waals surface area contributed by atoms with Crippen molar-refractivity contribution in [3.8, 4) is 11.1 Å². The fourth-order valence-corrected chi connectivity index (χ4v) is 3.53. The van der Waals surface area contributed by atoms with Crippen LogP contribution < -0.4 is 10.9 Å². The summed E-state index contributed by atoms with van der Waals surface area (Å²) in [6, 6.07) is 7.61. The Morgan fingerprint density at radius 2 is 1.92 bits per heavy atom. The van der Waals surface area contributed by atoms with E-state index in [1.54, 1.807) is 24.7 Å². The van der Waals surface area contributed by atoms with Crippen molar-refractivity contribution in [3.63, 3.8) is 0 Å². The third-order valence-electron chi connectivity index (χ3n) is 4.75. The number of nitrogens with zero attached hydrogens (tertiary/aromatic N) is 1. The first kappa shape index (κ1) is 18.0. The lowest BCUT2D eigenvalue weighted by Crippen LogP contribution is -2.32. The zero-order valence-electron chi connectivity index (χ0n) is 14.4. The molecule has 3 nitrogen and oxygen atoms in total. The molecule has 0 spiro atoms. The van der Waals surface area contributed by atoms with Crippen LogP contribution in [0.3, 0.4) is 0 Å². The number of halogens is 2. The smallest absolute Gasteiger partial charge is 0.253 e. The molecule has 25 heavy (non-hydrogen) atoms. The van der Waals surface area contributed by atoms with E-state index in [0.717, 1.165) is 21.7 Å². The van der Waals surface area contributed by atoms with E-state index in [2.05, 4.69) is 17.9 Å². The second-order valence-electron chi connectivity index (χ2n) is 6.83. The van der Waals surface area contributed by atoms with Gasteiger partial charge in [0.25, 0.3) is 5.56 Å². The fraction of sp³-hybridized carbons (Fsp3) is 0.421. The molecular weight excluding hydrogens is 342 g/mol.